The van der Waals surface area contributed by atoms with Crippen LogP contribution in [0.2, 0.25) is 0 Å². The highest BCUT2D eigenvalue weighted by atomic mass is 32.2. The first-order chi connectivity index (χ1) is 13.0. The monoisotopic (exact) mass is 384 g/mol. The van der Waals surface area contributed by atoms with E-state index in [1.165, 1.54) is 25.7 Å². The van der Waals surface area contributed by atoms with Crippen molar-refractivity contribution in [1.82, 2.24) is 30.6 Å². The summed E-state index contributed by atoms with van der Waals surface area (Å²) < 4.78 is 24.5. The highest BCUT2D eigenvalue weighted by molar-refractivity contribution is 7.90. The van der Waals surface area contributed by atoms with E-state index in [4.69, 9.17) is 0 Å². The largest absolute Gasteiger partial charge is 0.241 e. The first-order valence-corrected chi connectivity index (χ1v) is 10.8. The van der Waals surface area contributed by atoms with Crippen molar-refractivity contribution in [1.29, 1.82) is 0 Å². The van der Waals surface area contributed by atoms with Crippen LogP contribution in [0, 0.1) is 5.92 Å². The average molecular weight is 384 g/mol. The number of aromatic nitrogens is 6. The number of sulfone groups is 1. The Morgan fingerprint density at radius 3 is 2.52 bits per heavy atom. The highest BCUT2D eigenvalue weighted by Crippen LogP contribution is 2.35. The predicted molar refractivity (Wildman–Crippen MR) is 99.4 cm³/mol. The van der Waals surface area contributed by atoms with Crippen LogP contribution in [0.3, 0.4) is 0 Å². The van der Waals surface area contributed by atoms with Gasteiger partial charge in [0.15, 0.2) is 9.84 Å². The Labute approximate surface area is 157 Å². The number of hydrogen-bond acceptors (Lipinski definition) is 7. The van der Waals surface area contributed by atoms with Crippen molar-refractivity contribution in [2.75, 3.05) is 6.26 Å². The minimum atomic E-state index is -3.48. The van der Waals surface area contributed by atoms with E-state index in [0.29, 0.717) is 17.0 Å². The van der Waals surface area contributed by atoms with Gasteiger partial charge in [-0.25, -0.2) is 18.4 Å². The number of aromatic amines is 1. The standard InChI is InChI=1S/C18H20N6O2S/c1-27(25,26)15-8-4-7-14(17(15)18-21-23-24-22-18)13-10-19-16(20-11-13)9-12-5-2-3-6-12/h4,7-8,10-12H,2-3,5-6,9H2,1H3,(H,21,22,23,24). The molecule has 1 N–H and O–H groups in total. The zero-order valence-corrected chi connectivity index (χ0v) is 15.8. The van der Waals surface area contributed by atoms with Gasteiger partial charge in [-0.15, -0.1) is 10.2 Å². The van der Waals surface area contributed by atoms with Crippen LogP contribution in [0.15, 0.2) is 35.5 Å². The number of nitrogens with one attached hydrogen (secondary N) is 1. The fourth-order valence-corrected chi connectivity index (χ4v) is 4.55. The first kappa shape index (κ1) is 17.7. The third-order valence-electron chi connectivity index (χ3n) is 4.96. The molecule has 1 fully saturated rings. The predicted octanol–water partition coefficient (Wildman–Crippen LogP) is 2.46. The van der Waals surface area contributed by atoms with Crippen molar-refractivity contribution in [3.05, 3.63) is 36.4 Å². The molecular weight excluding hydrogens is 364 g/mol. The van der Waals surface area contributed by atoms with E-state index in [0.717, 1.165) is 24.1 Å². The van der Waals surface area contributed by atoms with Crippen LogP contribution in [0.25, 0.3) is 22.5 Å². The van der Waals surface area contributed by atoms with Crippen LogP contribution in [-0.4, -0.2) is 45.3 Å². The molecule has 1 aromatic carbocycles. The molecule has 0 aliphatic heterocycles. The SMILES string of the molecule is CS(=O)(=O)c1cccc(-c2cnc(CC3CCCC3)nc2)c1-c1nn[nH]n1. The number of hydrogen-bond donors (Lipinski definition) is 1. The topological polar surface area (TPSA) is 114 Å². The summed E-state index contributed by atoms with van der Waals surface area (Å²) in [5.41, 5.74) is 1.78. The maximum Gasteiger partial charge on any atom is 0.206 e. The van der Waals surface area contributed by atoms with Crippen molar-refractivity contribution in [3.63, 3.8) is 0 Å². The normalized spacial score (nSPS) is 15.3. The molecule has 0 atom stereocenters. The van der Waals surface area contributed by atoms with Crippen molar-refractivity contribution in [2.45, 2.75) is 37.0 Å². The molecule has 27 heavy (non-hydrogen) atoms. The Kier molecular flexibility index (Phi) is 4.69. The summed E-state index contributed by atoms with van der Waals surface area (Å²) in [7, 11) is -3.48. The van der Waals surface area contributed by atoms with Crippen molar-refractivity contribution in [2.24, 2.45) is 5.92 Å². The number of rotatable bonds is 5. The van der Waals surface area contributed by atoms with E-state index in [1.807, 2.05) is 6.07 Å². The van der Waals surface area contributed by atoms with Gasteiger partial charge in [0.1, 0.15) is 5.82 Å². The number of benzene rings is 1. The third-order valence-corrected chi connectivity index (χ3v) is 6.10. The molecule has 0 bridgehead atoms. The molecule has 0 saturated heterocycles. The summed E-state index contributed by atoms with van der Waals surface area (Å²) in [6, 6.07) is 5.05. The molecule has 8 nitrogen and oxygen atoms in total. The first-order valence-electron chi connectivity index (χ1n) is 8.90. The lowest BCUT2D eigenvalue weighted by molar-refractivity contribution is 0.530. The minimum Gasteiger partial charge on any atom is -0.241 e. The van der Waals surface area contributed by atoms with E-state index >= 15 is 0 Å². The second-order valence-corrected chi connectivity index (χ2v) is 8.91. The summed E-state index contributed by atoms with van der Waals surface area (Å²) in [4.78, 5) is 9.17. The van der Waals surface area contributed by atoms with E-state index in [9.17, 15) is 8.42 Å². The summed E-state index contributed by atoms with van der Waals surface area (Å²) in [5.74, 6) is 1.71. The molecule has 140 valence electrons. The van der Waals surface area contributed by atoms with Gasteiger partial charge in [0.2, 0.25) is 5.82 Å². The van der Waals surface area contributed by atoms with Crippen LogP contribution in [0.1, 0.15) is 31.5 Å². The van der Waals surface area contributed by atoms with E-state index in [-0.39, 0.29) is 10.7 Å². The van der Waals surface area contributed by atoms with Gasteiger partial charge in [0, 0.05) is 36.2 Å². The fraction of sp³-hybridized carbons (Fsp3) is 0.389. The Hall–Kier alpha value is -2.68. The molecule has 3 aromatic rings. The number of tetrazole rings is 1. The van der Waals surface area contributed by atoms with E-state index in [2.05, 4.69) is 30.6 Å². The minimum absolute atomic E-state index is 0.149. The molecule has 4 rings (SSSR count). The molecule has 1 saturated carbocycles. The summed E-state index contributed by atoms with van der Waals surface area (Å²) in [6.07, 6.45) is 10.6. The lowest BCUT2D eigenvalue weighted by Crippen LogP contribution is -2.05. The molecule has 0 spiro atoms. The van der Waals surface area contributed by atoms with Crippen LogP contribution >= 0.6 is 0 Å². The van der Waals surface area contributed by atoms with Gasteiger partial charge in [0.05, 0.1) is 4.90 Å². The molecule has 1 aliphatic rings. The zero-order valence-electron chi connectivity index (χ0n) is 15.0. The van der Waals surface area contributed by atoms with E-state index in [1.54, 1.807) is 24.5 Å². The van der Waals surface area contributed by atoms with Gasteiger partial charge in [-0.1, -0.05) is 37.8 Å². The van der Waals surface area contributed by atoms with Crippen LogP contribution in [-0.2, 0) is 16.3 Å². The van der Waals surface area contributed by atoms with Crippen molar-refractivity contribution < 1.29 is 8.42 Å². The quantitative estimate of drug-likeness (QED) is 0.718. The molecule has 0 unspecified atom stereocenters. The molecular formula is C18H20N6O2S. The maximum absolute atomic E-state index is 12.3. The van der Waals surface area contributed by atoms with Crippen molar-refractivity contribution >= 4 is 9.84 Å². The molecule has 9 heteroatoms. The van der Waals surface area contributed by atoms with E-state index < -0.39 is 9.84 Å². The summed E-state index contributed by atoms with van der Waals surface area (Å²) in [5, 5.41) is 13.9. The van der Waals surface area contributed by atoms with Crippen molar-refractivity contribution in [3.8, 4) is 22.5 Å². The number of H-pyrrole nitrogens is 1. The fourth-order valence-electron chi connectivity index (χ4n) is 3.65. The molecule has 2 heterocycles. The van der Waals surface area contributed by atoms with Gasteiger partial charge in [-0.3, -0.25) is 0 Å². The van der Waals surface area contributed by atoms with Gasteiger partial charge in [-0.05, 0) is 22.8 Å². The highest BCUT2D eigenvalue weighted by Gasteiger charge is 2.22. The maximum atomic E-state index is 12.3. The van der Waals surface area contributed by atoms with Gasteiger partial charge in [0.25, 0.3) is 0 Å². The number of nitrogens with zero attached hydrogens (tertiary/aromatic N) is 5. The molecule has 0 amide bonds. The zero-order chi connectivity index (χ0) is 18.9. The Morgan fingerprint density at radius 2 is 1.89 bits per heavy atom. The van der Waals surface area contributed by atoms with Gasteiger partial charge in [-0.2, -0.15) is 5.21 Å². The Morgan fingerprint density at radius 1 is 1.15 bits per heavy atom. The van der Waals surface area contributed by atoms with Crippen LogP contribution in [0.5, 0.6) is 0 Å². The summed E-state index contributed by atoms with van der Waals surface area (Å²) in [6.45, 7) is 0. The summed E-state index contributed by atoms with van der Waals surface area (Å²) >= 11 is 0. The second kappa shape index (κ2) is 7.15. The smallest absolute Gasteiger partial charge is 0.206 e. The second-order valence-electron chi connectivity index (χ2n) is 6.93. The molecule has 1 aliphatic carbocycles. The molecule has 0 radical (unpaired) electrons. The Bertz CT molecular complexity index is 1030. The third kappa shape index (κ3) is 3.73. The average Bonchev–Trinajstić information content (AvgIpc) is 3.35. The van der Waals surface area contributed by atoms with Crippen LogP contribution < -0.4 is 0 Å². The Balaban J connectivity index is 1.75. The molecule has 2 aromatic heterocycles. The van der Waals surface area contributed by atoms with Crippen LogP contribution in [0.4, 0.5) is 0 Å². The van der Waals surface area contributed by atoms with Gasteiger partial charge < -0.3 is 0 Å². The van der Waals surface area contributed by atoms with Gasteiger partial charge >= 0.3 is 0 Å². The lowest BCUT2D eigenvalue weighted by Gasteiger charge is -2.12. The lowest BCUT2D eigenvalue weighted by atomic mass is 10.0.